The van der Waals surface area contributed by atoms with E-state index in [0.29, 0.717) is 25.1 Å². The zero-order valence-corrected chi connectivity index (χ0v) is 20.9. The second-order valence-electron chi connectivity index (χ2n) is 9.79. The van der Waals surface area contributed by atoms with Crippen molar-refractivity contribution in [2.24, 2.45) is 0 Å². The van der Waals surface area contributed by atoms with Gasteiger partial charge >= 0.3 is 0 Å². The van der Waals surface area contributed by atoms with Crippen LogP contribution in [0.2, 0.25) is 0 Å². The van der Waals surface area contributed by atoms with Gasteiger partial charge < -0.3 is 23.8 Å². The number of carbonyl (C=O) groups excluding carboxylic acids is 2. The maximum absolute atomic E-state index is 12.7. The first-order valence-corrected chi connectivity index (χ1v) is 13.0. The molecule has 7 nitrogen and oxygen atoms in total. The third kappa shape index (κ3) is 3.50. The van der Waals surface area contributed by atoms with Crippen molar-refractivity contribution >= 4 is 61.5 Å². The Bertz CT molecular complexity index is 1980. The van der Waals surface area contributed by atoms with Gasteiger partial charge in [0, 0.05) is 77.3 Å². The summed E-state index contributed by atoms with van der Waals surface area (Å²) in [7, 11) is 0. The second kappa shape index (κ2) is 8.95. The van der Waals surface area contributed by atoms with Crippen molar-refractivity contribution in [3.63, 3.8) is 0 Å². The fraction of sp³-hybridized carbons (Fsp3) is 0.161. The van der Waals surface area contributed by atoms with Gasteiger partial charge in [0.1, 0.15) is 5.65 Å². The molecular formula is C31H27N5O2. The summed E-state index contributed by atoms with van der Waals surface area (Å²) in [6.45, 7) is 2.01. The highest BCUT2D eigenvalue weighted by Gasteiger charge is 2.16. The molecule has 0 aliphatic rings. The Morgan fingerprint density at radius 3 is 2.61 bits per heavy atom. The van der Waals surface area contributed by atoms with Crippen LogP contribution in [0, 0.1) is 0 Å². The van der Waals surface area contributed by atoms with Crippen molar-refractivity contribution in [3.05, 3.63) is 90.9 Å². The van der Waals surface area contributed by atoms with Crippen molar-refractivity contribution in [3.8, 4) is 0 Å². The van der Waals surface area contributed by atoms with E-state index in [1.807, 2.05) is 18.2 Å². The Kier molecular flexibility index (Phi) is 5.28. The number of imidazole rings is 1. The average Bonchev–Trinajstić information content (AvgIpc) is 3.70. The van der Waals surface area contributed by atoms with E-state index in [1.165, 1.54) is 16.3 Å². The smallest absolute Gasteiger partial charge is 0.220 e. The van der Waals surface area contributed by atoms with Gasteiger partial charge in [0.15, 0.2) is 6.29 Å². The molecule has 0 saturated heterocycles. The SMILES string of the molecule is O=Cc1c[nH]c2c1ccc1c3ccccc3n(CCCC(=O)NCCn3ccn4c5ccccc5cc34)c12. The molecule has 0 aliphatic carbocycles. The zero-order chi connectivity index (χ0) is 25.6. The third-order valence-electron chi connectivity index (χ3n) is 7.62. The summed E-state index contributed by atoms with van der Waals surface area (Å²) in [6, 6.07) is 23.0. The van der Waals surface area contributed by atoms with Crippen LogP contribution in [0.4, 0.5) is 0 Å². The largest absolute Gasteiger partial charge is 0.359 e. The lowest BCUT2D eigenvalue weighted by atomic mass is 10.1. The van der Waals surface area contributed by atoms with Crippen molar-refractivity contribution in [1.29, 1.82) is 0 Å². The van der Waals surface area contributed by atoms with E-state index in [9.17, 15) is 9.59 Å². The van der Waals surface area contributed by atoms with Crippen LogP contribution in [0.1, 0.15) is 23.2 Å². The number of aldehydes is 1. The molecule has 0 radical (unpaired) electrons. The van der Waals surface area contributed by atoms with Gasteiger partial charge in [-0.15, -0.1) is 0 Å². The number of nitrogens with zero attached hydrogens (tertiary/aromatic N) is 3. The Morgan fingerprint density at radius 2 is 1.71 bits per heavy atom. The van der Waals surface area contributed by atoms with Crippen LogP contribution >= 0.6 is 0 Å². The van der Waals surface area contributed by atoms with Crippen molar-refractivity contribution in [1.82, 2.24) is 23.8 Å². The van der Waals surface area contributed by atoms with Gasteiger partial charge in [0.2, 0.25) is 5.91 Å². The van der Waals surface area contributed by atoms with Gasteiger partial charge in [0.05, 0.1) is 16.6 Å². The minimum Gasteiger partial charge on any atom is -0.359 e. The highest BCUT2D eigenvalue weighted by molar-refractivity contribution is 6.18. The molecule has 0 unspecified atom stereocenters. The lowest BCUT2D eigenvalue weighted by Gasteiger charge is -2.10. The Hall–Kier alpha value is -4.78. The van der Waals surface area contributed by atoms with Crippen molar-refractivity contribution in [2.45, 2.75) is 25.9 Å². The molecule has 38 heavy (non-hydrogen) atoms. The average molecular weight is 502 g/mol. The summed E-state index contributed by atoms with van der Waals surface area (Å²) in [5.74, 6) is 0.0581. The summed E-state index contributed by atoms with van der Waals surface area (Å²) in [4.78, 5) is 27.5. The predicted octanol–water partition coefficient (Wildman–Crippen LogP) is 5.89. The lowest BCUT2D eigenvalue weighted by Crippen LogP contribution is -2.27. The number of carbonyl (C=O) groups is 2. The van der Waals surface area contributed by atoms with E-state index in [0.717, 1.165) is 52.2 Å². The molecule has 1 amide bonds. The second-order valence-corrected chi connectivity index (χ2v) is 9.79. The van der Waals surface area contributed by atoms with Gasteiger partial charge in [-0.05, 0) is 24.6 Å². The number of H-pyrrole nitrogens is 1. The fourth-order valence-electron chi connectivity index (χ4n) is 5.84. The Balaban J connectivity index is 1.05. The topological polar surface area (TPSA) is 76.2 Å². The van der Waals surface area contributed by atoms with Crippen LogP contribution in [0.3, 0.4) is 0 Å². The van der Waals surface area contributed by atoms with Crippen LogP contribution < -0.4 is 5.32 Å². The molecule has 188 valence electrons. The number of amides is 1. The molecule has 7 rings (SSSR count). The number of benzene rings is 3. The number of hydrogen-bond donors (Lipinski definition) is 2. The summed E-state index contributed by atoms with van der Waals surface area (Å²) >= 11 is 0. The number of aromatic nitrogens is 4. The predicted molar refractivity (Wildman–Crippen MR) is 152 cm³/mol. The molecule has 7 aromatic rings. The fourth-order valence-corrected chi connectivity index (χ4v) is 5.84. The van der Waals surface area contributed by atoms with E-state index < -0.39 is 0 Å². The van der Waals surface area contributed by atoms with Crippen LogP contribution in [0.25, 0.3) is 49.3 Å². The maximum Gasteiger partial charge on any atom is 0.220 e. The molecule has 0 fully saturated rings. The molecule has 7 heteroatoms. The van der Waals surface area contributed by atoms with Crippen LogP contribution in [0.15, 0.2) is 85.3 Å². The number of aromatic amines is 1. The van der Waals surface area contributed by atoms with E-state index in [4.69, 9.17) is 0 Å². The van der Waals surface area contributed by atoms with E-state index in [1.54, 1.807) is 6.20 Å². The van der Waals surface area contributed by atoms with Gasteiger partial charge in [-0.25, -0.2) is 0 Å². The normalized spacial score (nSPS) is 11.9. The Labute approximate surface area is 218 Å². The van der Waals surface area contributed by atoms with Gasteiger partial charge in [-0.1, -0.05) is 48.5 Å². The van der Waals surface area contributed by atoms with E-state index in [-0.39, 0.29) is 5.91 Å². The molecule has 0 bridgehead atoms. The van der Waals surface area contributed by atoms with E-state index in [2.05, 4.69) is 84.8 Å². The van der Waals surface area contributed by atoms with E-state index >= 15 is 0 Å². The molecular weight excluding hydrogens is 474 g/mol. The summed E-state index contributed by atoms with van der Waals surface area (Å²) in [5.41, 5.74) is 6.14. The molecule has 0 aliphatic heterocycles. The maximum atomic E-state index is 12.7. The molecule has 0 saturated carbocycles. The van der Waals surface area contributed by atoms with Crippen LogP contribution in [-0.2, 0) is 17.9 Å². The summed E-state index contributed by atoms with van der Waals surface area (Å²) in [5, 5.41) is 7.54. The minimum atomic E-state index is 0.0581. The molecule has 3 aromatic carbocycles. The number of para-hydroxylation sites is 2. The first kappa shape index (κ1) is 22.4. The van der Waals surface area contributed by atoms with Crippen LogP contribution in [0.5, 0.6) is 0 Å². The molecule has 2 N–H and O–H groups in total. The minimum absolute atomic E-state index is 0.0581. The standard InChI is InChI=1S/C31H27N5O2/c37-20-22-19-33-30-23(22)11-12-25-24-7-2-4-9-27(24)36(31(25)30)14-5-10-28(38)32-13-15-34-16-17-35-26-8-3-1-6-21(26)18-29(34)35/h1-4,6-9,11-12,16-20,33H,5,10,13-15H2,(H,32,38). The number of rotatable bonds is 8. The molecule has 0 spiro atoms. The quantitative estimate of drug-likeness (QED) is 0.255. The first-order valence-electron chi connectivity index (χ1n) is 13.0. The number of nitrogens with one attached hydrogen (secondary N) is 2. The molecule has 4 heterocycles. The van der Waals surface area contributed by atoms with Gasteiger partial charge in [-0.2, -0.15) is 0 Å². The summed E-state index contributed by atoms with van der Waals surface area (Å²) < 4.78 is 6.63. The van der Waals surface area contributed by atoms with Crippen molar-refractivity contribution < 1.29 is 9.59 Å². The number of fused-ring (bicyclic) bond motifs is 8. The highest BCUT2D eigenvalue weighted by atomic mass is 16.1. The summed E-state index contributed by atoms with van der Waals surface area (Å²) in [6.07, 6.45) is 7.96. The van der Waals surface area contributed by atoms with Crippen molar-refractivity contribution in [2.75, 3.05) is 6.54 Å². The number of hydrogen-bond acceptors (Lipinski definition) is 2. The lowest BCUT2D eigenvalue weighted by molar-refractivity contribution is -0.121. The molecule has 4 aromatic heterocycles. The third-order valence-corrected chi connectivity index (χ3v) is 7.62. The van der Waals surface area contributed by atoms with Gasteiger partial charge in [-0.3, -0.25) is 9.59 Å². The highest BCUT2D eigenvalue weighted by Crippen LogP contribution is 2.34. The van der Waals surface area contributed by atoms with Crippen LogP contribution in [-0.4, -0.2) is 37.3 Å². The monoisotopic (exact) mass is 501 g/mol. The number of aryl methyl sites for hydroxylation is 1. The first-order chi connectivity index (χ1) is 18.7. The van der Waals surface area contributed by atoms with Gasteiger partial charge in [0.25, 0.3) is 0 Å². The molecule has 0 atom stereocenters. The Morgan fingerprint density at radius 1 is 0.895 bits per heavy atom. The zero-order valence-electron chi connectivity index (χ0n) is 20.9.